The van der Waals surface area contributed by atoms with Crippen LogP contribution in [0.25, 0.3) is 0 Å². The Morgan fingerprint density at radius 2 is 2.11 bits per heavy atom. The topological polar surface area (TPSA) is 73.6 Å². The summed E-state index contributed by atoms with van der Waals surface area (Å²) >= 11 is 0. The number of hydrogen-bond donors (Lipinski definition) is 2. The van der Waals surface area contributed by atoms with Gasteiger partial charge in [0.25, 0.3) is 0 Å². The van der Waals surface area contributed by atoms with Gasteiger partial charge in [-0.15, -0.1) is 0 Å². The van der Waals surface area contributed by atoms with Gasteiger partial charge >= 0.3 is 0 Å². The number of carbonyl (C=O) groups is 1. The fourth-order valence-corrected chi connectivity index (χ4v) is 1.62. The van der Waals surface area contributed by atoms with E-state index in [9.17, 15) is 4.79 Å². The highest BCUT2D eigenvalue weighted by atomic mass is 16.5. The summed E-state index contributed by atoms with van der Waals surface area (Å²) in [7, 11) is 1.58. The molecule has 0 saturated heterocycles. The third-order valence-corrected chi connectivity index (χ3v) is 2.72. The number of benzene rings is 1. The van der Waals surface area contributed by atoms with Crippen LogP contribution in [0.1, 0.15) is 26.7 Å². The van der Waals surface area contributed by atoms with E-state index in [2.05, 4.69) is 5.32 Å². The number of rotatable bonds is 7. The average molecular weight is 266 g/mol. The molecule has 1 amide bonds. The maximum atomic E-state index is 11.7. The predicted octanol–water partition coefficient (Wildman–Crippen LogP) is 2.16. The van der Waals surface area contributed by atoms with Crippen LogP contribution in [-0.4, -0.2) is 25.7 Å². The van der Waals surface area contributed by atoms with Gasteiger partial charge in [0.1, 0.15) is 0 Å². The second-order valence-electron chi connectivity index (χ2n) is 4.22. The predicted molar refractivity (Wildman–Crippen MR) is 75.7 cm³/mol. The molecule has 1 unspecified atom stereocenters. The molecule has 3 N–H and O–H groups in total. The number of nitrogens with two attached hydrogens (primary N) is 1. The summed E-state index contributed by atoms with van der Waals surface area (Å²) in [6.45, 7) is 4.39. The fourth-order valence-electron chi connectivity index (χ4n) is 1.62. The molecule has 5 nitrogen and oxygen atoms in total. The highest BCUT2D eigenvalue weighted by Crippen LogP contribution is 2.30. The van der Waals surface area contributed by atoms with E-state index in [4.69, 9.17) is 15.2 Å². The largest absolute Gasteiger partial charge is 0.493 e. The SMILES string of the molecule is CCOc1cc(NC(=O)CC(N)CC)ccc1OC. The van der Waals surface area contributed by atoms with Gasteiger partial charge in [-0.1, -0.05) is 6.92 Å². The second-order valence-corrected chi connectivity index (χ2v) is 4.22. The van der Waals surface area contributed by atoms with Gasteiger partial charge in [0, 0.05) is 24.2 Å². The third kappa shape index (κ3) is 4.79. The molecule has 0 bridgehead atoms. The van der Waals surface area contributed by atoms with Gasteiger partial charge in [0.2, 0.25) is 5.91 Å². The number of carbonyl (C=O) groups excluding carboxylic acids is 1. The van der Waals surface area contributed by atoms with E-state index in [-0.39, 0.29) is 11.9 Å². The summed E-state index contributed by atoms with van der Waals surface area (Å²) < 4.78 is 10.6. The lowest BCUT2D eigenvalue weighted by atomic mass is 10.1. The minimum atomic E-state index is -0.107. The van der Waals surface area contributed by atoms with Gasteiger partial charge in [-0.25, -0.2) is 0 Å². The zero-order valence-electron chi connectivity index (χ0n) is 11.7. The standard InChI is InChI=1S/C14H22N2O3/c1-4-10(15)8-14(17)16-11-6-7-12(18-3)13(9-11)19-5-2/h6-7,9-10H,4-5,8,15H2,1-3H3,(H,16,17). The van der Waals surface area contributed by atoms with Crippen molar-refractivity contribution in [3.63, 3.8) is 0 Å². The van der Waals surface area contributed by atoms with Crippen LogP contribution in [-0.2, 0) is 4.79 Å². The molecule has 5 heteroatoms. The Balaban J connectivity index is 2.73. The third-order valence-electron chi connectivity index (χ3n) is 2.72. The smallest absolute Gasteiger partial charge is 0.225 e. The molecule has 19 heavy (non-hydrogen) atoms. The van der Waals surface area contributed by atoms with E-state index in [1.54, 1.807) is 25.3 Å². The van der Waals surface area contributed by atoms with Gasteiger partial charge in [-0.2, -0.15) is 0 Å². The Morgan fingerprint density at radius 1 is 1.37 bits per heavy atom. The van der Waals surface area contributed by atoms with Gasteiger partial charge in [0.15, 0.2) is 11.5 Å². The highest BCUT2D eigenvalue weighted by molar-refractivity contribution is 5.91. The molecule has 0 aliphatic rings. The summed E-state index contributed by atoms with van der Waals surface area (Å²) in [6, 6.07) is 5.18. The summed E-state index contributed by atoms with van der Waals surface area (Å²) in [6.07, 6.45) is 1.09. The Morgan fingerprint density at radius 3 is 2.68 bits per heavy atom. The number of nitrogens with one attached hydrogen (secondary N) is 1. The van der Waals surface area contributed by atoms with Crippen molar-refractivity contribution in [2.45, 2.75) is 32.7 Å². The van der Waals surface area contributed by atoms with E-state index in [0.29, 0.717) is 30.2 Å². The minimum Gasteiger partial charge on any atom is -0.493 e. The van der Waals surface area contributed by atoms with Crippen molar-refractivity contribution in [1.29, 1.82) is 0 Å². The molecule has 0 aliphatic carbocycles. The monoisotopic (exact) mass is 266 g/mol. The molecule has 0 spiro atoms. The summed E-state index contributed by atoms with van der Waals surface area (Å²) in [4.78, 5) is 11.7. The molecule has 0 fully saturated rings. The molecule has 0 radical (unpaired) electrons. The van der Waals surface area contributed by atoms with Gasteiger partial charge < -0.3 is 20.5 Å². The molecule has 0 aromatic heterocycles. The van der Waals surface area contributed by atoms with E-state index in [1.165, 1.54) is 0 Å². The molecular weight excluding hydrogens is 244 g/mol. The fraction of sp³-hybridized carbons (Fsp3) is 0.500. The molecular formula is C14H22N2O3. The van der Waals surface area contributed by atoms with Gasteiger partial charge in [-0.3, -0.25) is 4.79 Å². The first kappa shape index (κ1) is 15.3. The highest BCUT2D eigenvalue weighted by Gasteiger charge is 2.10. The first-order chi connectivity index (χ1) is 9.10. The normalized spacial score (nSPS) is 11.8. The Kier molecular flexibility index (Phi) is 6.15. The Bertz CT molecular complexity index is 421. The van der Waals surface area contributed by atoms with Crippen molar-refractivity contribution in [3.8, 4) is 11.5 Å². The molecule has 1 atom stereocenters. The van der Waals surface area contributed by atoms with Crippen LogP contribution in [0, 0.1) is 0 Å². The number of methoxy groups -OCH3 is 1. The molecule has 1 aromatic carbocycles. The van der Waals surface area contributed by atoms with Crippen LogP contribution in [0.5, 0.6) is 11.5 Å². The van der Waals surface area contributed by atoms with Crippen molar-refractivity contribution in [2.75, 3.05) is 19.0 Å². The summed E-state index contributed by atoms with van der Waals surface area (Å²) in [5, 5.41) is 2.80. The van der Waals surface area contributed by atoms with Crippen molar-refractivity contribution >= 4 is 11.6 Å². The van der Waals surface area contributed by atoms with E-state index < -0.39 is 0 Å². The zero-order valence-corrected chi connectivity index (χ0v) is 11.7. The van der Waals surface area contributed by atoms with Crippen molar-refractivity contribution in [3.05, 3.63) is 18.2 Å². The van der Waals surface area contributed by atoms with Crippen LogP contribution in [0.3, 0.4) is 0 Å². The Labute approximate surface area is 114 Å². The first-order valence-electron chi connectivity index (χ1n) is 6.46. The summed E-state index contributed by atoms with van der Waals surface area (Å²) in [5.74, 6) is 1.16. The number of amides is 1. The lowest BCUT2D eigenvalue weighted by Crippen LogP contribution is -2.26. The molecule has 0 aliphatic heterocycles. The average Bonchev–Trinajstić information content (AvgIpc) is 2.39. The molecule has 106 valence electrons. The molecule has 1 rings (SSSR count). The molecule has 0 heterocycles. The van der Waals surface area contributed by atoms with Crippen LogP contribution < -0.4 is 20.5 Å². The van der Waals surface area contributed by atoms with Crippen LogP contribution in [0.4, 0.5) is 5.69 Å². The maximum absolute atomic E-state index is 11.7. The van der Waals surface area contributed by atoms with Crippen LogP contribution >= 0.6 is 0 Å². The minimum absolute atomic E-state index is 0.0954. The molecule has 1 aromatic rings. The number of anilines is 1. The lowest BCUT2D eigenvalue weighted by Gasteiger charge is -2.13. The van der Waals surface area contributed by atoms with Crippen molar-refractivity contribution in [2.24, 2.45) is 5.73 Å². The van der Waals surface area contributed by atoms with E-state index in [1.807, 2.05) is 13.8 Å². The van der Waals surface area contributed by atoms with Gasteiger partial charge in [-0.05, 0) is 25.5 Å². The number of ether oxygens (including phenoxy) is 2. The number of hydrogen-bond acceptors (Lipinski definition) is 4. The first-order valence-corrected chi connectivity index (χ1v) is 6.46. The maximum Gasteiger partial charge on any atom is 0.225 e. The zero-order chi connectivity index (χ0) is 14.3. The quantitative estimate of drug-likeness (QED) is 0.793. The second kappa shape index (κ2) is 7.63. The van der Waals surface area contributed by atoms with Crippen molar-refractivity contribution in [1.82, 2.24) is 0 Å². The summed E-state index contributed by atoms with van der Waals surface area (Å²) in [5.41, 5.74) is 6.42. The Hall–Kier alpha value is -1.75. The van der Waals surface area contributed by atoms with Crippen LogP contribution in [0.15, 0.2) is 18.2 Å². The van der Waals surface area contributed by atoms with Crippen LogP contribution in [0.2, 0.25) is 0 Å². The molecule has 0 saturated carbocycles. The lowest BCUT2D eigenvalue weighted by molar-refractivity contribution is -0.116. The van der Waals surface area contributed by atoms with Crippen molar-refractivity contribution < 1.29 is 14.3 Å². The van der Waals surface area contributed by atoms with E-state index >= 15 is 0 Å². The van der Waals surface area contributed by atoms with Gasteiger partial charge in [0.05, 0.1) is 13.7 Å². The van der Waals surface area contributed by atoms with E-state index in [0.717, 1.165) is 6.42 Å².